The summed E-state index contributed by atoms with van der Waals surface area (Å²) in [6.07, 6.45) is 2.94. The van der Waals surface area contributed by atoms with Crippen LogP contribution in [0.3, 0.4) is 0 Å². The molecule has 1 atom stereocenters. The molecule has 0 spiro atoms. The van der Waals surface area contributed by atoms with Crippen molar-refractivity contribution in [1.82, 2.24) is 19.7 Å². The third-order valence-corrected chi connectivity index (χ3v) is 6.81. The zero-order chi connectivity index (χ0) is 20.7. The maximum absolute atomic E-state index is 14.4. The monoisotopic (exact) mass is 422 g/mol. The van der Waals surface area contributed by atoms with Gasteiger partial charge in [0.25, 0.3) is 0 Å². The van der Waals surface area contributed by atoms with Gasteiger partial charge in [0.2, 0.25) is 5.91 Å². The van der Waals surface area contributed by atoms with E-state index in [0.717, 1.165) is 25.8 Å². The van der Waals surface area contributed by atoms with Gasteiger partial charge in [-0.3, -0.25) is 9.36 Å². The number of halogens is 1. The normalized spacial score (nSPS) is 16.9. The molecule has 0 saturated heterocycles. The first-order valence-electron chi connectivity index (χ1n) is 10.3. The highest BCUT2D eigenvalue weighted by Gasteiger charge is 2.33. The predicted octanol–water partition coefficient (Wildman–Crippen LogP) is 4.48. The Labute approximate surface area is 179 Å². The molecule has 5 rings (SSSR count). The summed E-state index contributed by atoms with van der Waals surface area (Å²) < 4.78 is 16.4. The lowest BCUT2D eigenvalue weighted by atomic mass is 10.00. The second-order valence-corrected chi connectivity index (χ2v) is 9.23. The van der Waals surface area contributed by atoms with Crippen LogP contribution < -0.4 is 0 Å². The van der Waals surface area contributed by atoms with Crippen molar-refractivity contribution >= 4 is 17.7 Å². The molecule has 2 aliphatic rings. The van der Waals surface area contributed by atoms with Crippen molar-refractivity contribution in [2.75, 3.05) is 6.54 Å². The topological polar surface area (TPSA) is 51.0 Å². The minimum atomic E-state index is -0.306. The minimum absolute atomic E-state index is 0.104. The summed E-state index contributed by atoms with van der Waals surface area (Å²) >= 11 is 1.42. The number of hydrogen-bond donors (Lipinski definition) is 0. The van der Waals surface area contributed by atoms with E-state index in [1.807, 2.05) is 28.5 Å². The smallest absolute Gasteiger partial charge is 0.236 e. The Balaban J connectivity index is 1.36. The average molecular weight is 423 g/mol. The van der Waals surface area contributed by atoms with Gasteiger partial charge in [-0.05, 0) is 49.4 Å². The molecule has 2 heterocycles. The van der Waals surface area contributed by atoms with Gasteiger partial charge in [0.1, 0.15) is 5.82 Å². The molecule has 3 aromatic rings. The maximum Gasteiger partial charge on any atom is 0.236 e. The van der Waals surface area contributed by atoms with E-state index in [1.165, 1.54) is 29.0 Å². The second-order valence-electron chi connectivity index (χ2n) is 7.93. The van der Waals surface area contributed by atoms with Gasteiger partial charge in [0.05, 0.1) is 10.8 Å². The van der Waals surface area contributed by atoms with Crippen molar-refractivity contribution in [2.24, 2.45) is 0 Å². The van der Waals surface area contributed by atoms with Gasteiger partial charge in [-0.25, -0.2) is 4.39 Å². The summed E-state index contributed by atoms with van der Waals surface area (Å²) in [7, 11) is 0. The Morgan fingerprint density at radius 3 is 2.60 bits per heavy atom. The third-order valence-electron chi connectivity index (χ3n) is 5.76. The summed E-state index contributed by atoms with van der Waals surface area (Å²) in [5, 5.41) is 9.03. The van der Waals surface area contributed by atoms with E-state index in [2.05, 4.69) is 22.3 Å². The Kier molecular flexibility index (Phi) is 5.06. The third kappa shape index (κ3) is 3.62. The van der Waals surface area contributed by atoms with Crippen LogP contribution in [0.15, 0.2) is 53.7 Å². The fourth-order valence-corrected chi connectivity index (χ4v) is 5.00. The Bertz CT molecular complexity index is 1090. The average Bonchev–Trinajstić information content (AvgIpc) is 3.53. The van der Waals surface area contributed by atoms with E-state index in [0.29, 0.717) is 23.1 Å². The van der Waals surface area contributed by atoms with Crippen molar-refractivity contribution in [2.45, 2.75) is 49.2 Å². The Hall–Kier alpha value is -2.67. The van der Waals surface area contributed by atoms with Crippen LogP contribution in [0.25, 0.3) is 11.4 Å². The van der Waals surface area contributed by atoms with E-state index in [9.17, 15) is 9.18 Å². The zero-order valence-corrected chi connectivity index (χ0v) is 17.6. The van der Waals surface area contributed by atoms with Crippen LogP contribution in [0.1, 0.15) is 36.9 Å². The number of fused-ring (bicyclic) bond motifs is 1. The molecule has 7 heteroatoms. The van der Waals surface area contributed by atoms with E-state index in [1.54, 1.807) is 18.2 Å². The quantitative estimate of drug-likeness (QED) is 0.569. The van der Waals surface area contributed by atoms with Crippen LogP contribution in [0.4, 0.5) is 4.39 Å². The summed E-state index contributed by atoms with van der Waals surface area (Å²) in [6.45, 7) is 3.30. The molecule has 0 N–H and O–H groups in total. The van der Waals surface area contributed by atoms with Crippen LogP contribution in [-0.2, 0) is 17.8 Å². The van der Waals surface area contributed by atoms with Crippen molar-refractivity contribution in [3.8, 4) is 11.4 Å². The molecule has 1 fully saturated rings. The van der Waals surface area contributed by atoms with E-state index >= 15 is 0 Å². The number of hydrogen-bond acceptors (Lipinski definition) is 4. The molecule has 154 valence electrons. The number of benzene rings is 2. The first kappa shape index (κ1) is 19.3. The number of carbonyl (C=O) groups excluding carboxylic acids is 1. The summed E-state index contributed by atoms with van der Waals surface area (Å²) in [5.41, 5.74) is 3.00. The number of aromatic nitrogens is 3. The van der Waals surface area contributed by atoms with Crippen LogP contribution in [0.2, 0.25) is 0 Å². The maximum atomic E-state index is 14.4. The number of thioether (sulfide) groups is 1. The van der Waals surface area contributed by atoms with Gasteiger partial charge >= 0.3 is 0 Å². The Morgan fingerprint density at radius 2 is 1.83 bits per heavy atom. The van der Waals surface area contributed by atoms with Gasteiger partial charge in [-0.2, -0.15) is 0 Å². The molecular weight excluding hydrogens is 399 g/mol. The molecule has 2 aromatic carbocycles. The first-order valence-corrected chi connectivity index (χ1v) is 11.2. The molecule has 1 saturated carbocycles. The second kappa shape index (κ2) is 7.87. The molecule has 1 amide bonds. The van der Waals surface area contributed by atoms with Crippen molar-refractivity contribution in [1.29, 1.82) is 0 Å². The molecule has 1 aliphatic carbocycles. The van der Waals surface area contributed by atoms with Crippen molar-refractivity contribution < 1.29 is 9.18 Å². The molecule has 1 aliphatic heterocycles. The van der Waals surface area contributed by atoms with Gasteiger partial charge in [0, 0.05) is 19.1 Å². The molecule has 0 radical (unpaired) electrons. The van der Waals surface area contributed by atoms with E-state index in [4.69, 9.17) is 0 Å². The molecule has 5 nitrogen and oxygen atoms in total. The van der Waals surface area contributed by atoms with Gasteiger partial charge in [0.15, 0.2) is 11.0 Å². The van der Waals surface area contributed by atoms with Crippen LogP contribution >= 0.6 is 11.8 Å². The van der Waals surface area contributed by atoms with Crippen LogP contribution in [-0.4, -0.2) is 37.4 Å². The molecule has 0 bridgehead atoms. The van der Waals surface area contributed by atoms with Gasteiger partial charge in [-0.1, -0.05) is 48.2 Å². The van der Waals surface area contributed by atoms with Crippen molar-refractivity contribution in [3.63, 3.8) is 0 Å². The largest absolute Gasteiger partial charge is 0.337 e. The molecule has 1 aromatic heterocycles. The lowest BCUT2D eigenvalue weighted by Gasteiger charge is -2.30. The van der Waals surface area contributed by atoms with E-state index < -0.39 is 0 Å². The summed E-state index contributed by atoms with van der Waals surface area (Å²) in [6, 6.07) is 15.2. The fraction of sp³-hybridized carbons (Fsp3) is 0.348. The van der Waals surface area contributed by atoms with Gasteiger partial charge in [-0.15, -0.1) is 10.2 Å². The minimum Gasteiger partial charge on any atom is -0.337 e. The number of carbonyl (C=O) groups is 1. The van der Waals surface area contributed by atoms with Crippen LogP contribution in [0, 0.1) is 5.82 Å². The lowest BCUT2D eigenvalue weighted by molar-refractivity contribution is -0.131. The first-order chi connectivity index (χ1) is 14.6. The molecular formula is C23H23FN4OS. The lowest BCUT2D eigenvalue weighted by Crippen LogP contribution is -2.40. The SMILES string of the molecule is C[C@H](Sc1nnc(-c2ccccc2F)n1C1CC1)C(=O)N1CCc2ccccc2C1. The summed E-state index contributed by atoms with van der Waals surface area (Å²) in [4.78, 5) is 15.1. The van der Waals surface area contributed by atoms with Crippen LogP contribution in [0.5, 0.6) is 0 Å². The fourth-order valence-electron chi connectivity index (χ4n) is 3.99. The highest BCUT2D eigenvalue weighted by atomic mass is 32.2. The molecule has 30 heavy (non-hydrogen) atoms. The highest BCUT2D eigenvalue weighted by Crippen LogP contribution is 2.42. The van der Waals surface area contributed by atoms with Gasteiger partial charge < -0.3 is 4.90 Å². The zero-order valence-electron chi connectivity index (χ0n) is 16.8. The number of amides is 1. The number of nitrogens with zero attached hydrogens (tertiary/aromatic N) is 4. The molecule has 0 unspecified atom stereocenters. The number of rotatable bonds is 5. The highest BCUT2D eigenvalue weighted by molar-refractivity contribution is 8.00. The Morgan fingerprint density at radius 1 is 1.10 bits per heavy atom. The van der Waals surface area contributed by atoms with Crippen molar-refractivity contribution in [3.05, 3.63) is 65.5 Å². The summed E-state index contributed by atoms with van der Waals surface area (Å²) in [5.74, 6) is 0.344. The van der Waals surface area contributed by atoms with E-state index in [-0.39, 0.29) is 23.0 Å². The predicted molar refractivity (Wildman–Crippen MR) is 115 cm³/mol. The standard InChI is InChI=1S/C23H23FN4OS/c1-15(22(29)27-13-12-16-6-2-3-7-17(16)14-27)30-23-26-25-21(28(23)18-10-11-18)19-8-4-5-9-20(19)24/h2-9,15,18H,10-14H2,1H3/t15-/m0/s1.